The van der Waals surface area contributed by atoms with E-state index in [1.807, 2.05) is 41.5 Å². The summed E-state index contributed by atoms with van der Waals surface area (Å²) in [6.45, 7) is 27.3. The first-order valence-corrected chi connectivity index (χ1v) is 11.9. The van der Waals surface area contributed by atoms with Gasteiger partial charge in [-0.25, -0.2) is 4.79 Å². The van der Waals surface area contributed by atoms with Gasteiger partial charge in [0.15, 0.2) is 0 Å². The molecule has 0 heterocycles. The van der Waals surface area contributed by atoms with Gasteiger partial charge in [-0.15, -0.1) is 0 Å². The zero-order chi connectivity index (χ0) is 25.9. The Balaban J connectivity index is 3.26. The van der Waals surface area contributed by atoms with Crippen molar-refractivity contribution in [1.82, 2.24) is 0 Å². The summed E-state index contributed by atoms with van der Waals surface area (Å²) in [7, 11) is 0. The van der Waals surface area contributed by atoms with Crippen LogP contribution < -0.4 is 0 Å². The summed E-state index contributed by atoms with van der Waals surface area (Å²) < 4.78 is 0. The van der Waals surface area contributed by atoms with E-state index in [-0.39, 0.29) is 22.1 Å². The van der Waals surface area contributed by atoms with Crippen molar-refractivity contribution in [3.63, 3.8) is 0 Å². The lowest BCUT2D eigenvalue weighted by Crippen LogP contribution is -2.23. The number of carboxylic acids is 1. The van der Waals surface area contributed by atoms with Gasteiger partial charge in [0.05, 0.1) is 5.56 Å². The van der Waals surface area contributed by atoms with Crippen LogP contribution in [-0.4, -0.2) is 16.2 Å². The monoisotopic (exact) mass is 452 g/mol. The van der Waals surface area contributed by atoms with Gasteiger partial charge in [0, 0.05) is 16.7 Å². The number of benzene rings is 2. The molecule has 0 aliphatic carbocycles. The van der Waals surface area contributed by atoms with Gasteiger partial charge in [0.25, 0.3) is 0 Å². The summed E-state index contributed by atoms with van der Waals surface area (Å²) in [5, 5.41) is 22.0. The topological polar surface area (TPSA) is 57.5 Å². The van der Waals surface area contributed by atoms with Crippen molar-refractivity contribution < 1.29 is 15.0 Å². The number of hydrogen-bond donors (Lipinski definition) is 2. The molecule has 0 aliphatic heterocycles. The number of phenols is 1. The molecule has 0 amide bonds. The summed E-state index contributed by atoms with van der Waals surface area (Å²) in [6, 6.07) is 6.10. The Morgan fingerprint density at radius 3 is 1.52 bits per heavy atom. The van der Waals surface area contributed by atoms with Crippen molar-refractivity contribution in [2.75, 3.05) is 0 Å². The third-order valence-electron chi connectivity index (χ3n) is 6.35. The summed E-state index contributed by atoms with van der Waals surface area (Å²) in [5.41, 5.74) is 5.41. The number of rotatable bonds is 2. The number of carbonyl (C=O) groups is 1. The van der Waals surface area contributed by atoms with Crippen molar-refractivity contribution in [3.05, 3.63) is 51.6 Å². The largest absolute Gasteiger partial charge is 0.507 e. The van der Waals surface area contributed by atoms with E-state index in [1.54, 1.807) is 6.07 Å². The van der Waals surface area contributed by atoms with Crippen LogP contribution in [-0.2, 0) is 21.7 Å². The minimum absolute atomic E-state index is 0.0377. The first-order chi connectivity index (χ1) is 14.6. The van der Waals surface area contributed by atoms with E-state index in [0.717, 1.165) is 16.7 Å². The predicted molar refractivity (Wildman–Crippen MR) is 140 cm³/mol. The number of aromatic hydroxyl groups is 1. The molecule has 33 heavy (non-hydrogen) atoms. The molecule has 2 aromatic rings. The van der Waals surface area contributed by atoms with Gasteiger partial charge in [-0.05, 0) is 56.9 Å². The fraction of sp³-hybridized carbons (Fsp3) is 0.567. The maximum absolute atomic E-state index is 12.7. The highest BCUT2D eigenvalue weighted by Crippen LogP contribution is 2.49. The average Bonchev–Trinajstić information content (AvgIpc) is 2.56. The number of aromatic carboxylic acids is 1. The van der Waals surface area contributed by atoms with Gasteiger partial charge in [0.2, 0.25) is 0 Å². The molecule has 3 nitrogen and oxygen atoms in total. The summed E-state index contributed by atoms with van der Waals surface area (Å²) in [4.78, 5) is 12.7. The van der Waals surface area contributed by atoms with Crippen LogP contribution in [0.25, 0.3) is 11.1 Å². The van der Waals surface area contributed by atoms with Crippen LogP contribution in [0.15, 0.2) is 18.2 Å². The molecular formula is C30H44O3. The molecule has 0 saturated heterocycles. The second-order valence-electron chi connectivity index (χ2n) is 13.6. The minimum atomic E-state index is -0.972. The standard InChI is InChI=1S/C30H44O3/c1-17-14-18(27(2,3)4)15-20(28(5,6)7)22(17)23-19(26(32)33)16-21(29(8,9)10)25(31)24(23)30(11,12)13/h14-16,31H,1-13H3,(H,32,33). The van der Waals surface area contributed by atoms with E-state index in [9.17, 15) is 15.0 Å². The van der Waals surface area contributed by atoms with Gasteiger partial charge in [-0.2, -0.15) is 0 Å². The lowest BCUT2D eigenvalue weighted by Gasteiger charge is -2.34. The number of carboxylic acid groups (broad SMARTS) is 1. The lowest BCUT2D eigenvalue weighted by atomic mass is 9.70. The van der Waals surface area contributed by atoms with Crippen molar-refractivity contribution in [2.24, 2.45) is 0 Å². The van der Waals surface area contributed by atoms with Crippen LogP contribution in [0.1, 0.15) is 121 Å². The third-order valence-corrected chi connectivity index (χ3v) is 6.35. The minimum Gasteiger partial charge on any atom is -0.507 e. The van der Waals surface area contributed by atoms with Gasteiger partial charge in [-0.1, -0.05) is 95.2 Å². The average molecular weight is 453 g/mol. The maximum atomic E-state index is 12.7. The predicted octanol–water partition coefficient (Wildman–Crippen LogP) is 8.26. The summed E-state index contributed by atoms with van der Waals surface area (Å²) in [5.74, 6) is -0.769. The van der Waals surface area contributed by atoms with Crippen molar-refractivity contribution in [2.45, 2.75) is 112 Å². The van der Waals surface area contributed by atoms with E-state index in [0.29, 0.717) is 16.7 Å². The number of aryl methyl sites for hydroxylation is 1. The Bertz CT molecular complexity index is 1080. The molecule has 0 bridgehead atoms. The molecule has 2 rings (SSSR count). The first kappa shape index (κ1) is 27.0. The summed E-state index contributed by atoms with van der Waals surface area (Å²) in [6.07, 6.45) is 0. The maximum Gasteiger partial charge on any atom is 0.336 e. The normalized spacial score (nSPS) is 13.4. The molecule has 2 N–H and O–H groups in total. The molecule has 0 saturated carbocycles. The van der Waals surface area contributed by atoms with Gasteiger partial charge in [-0.3, -0.25) is 0 Å². The van der Waals surface area contributed by atoms with E-state index < -0.39 is 16.8 Å². The SMILES string of the molecule is Cc1cc(C(C)(C)C)cc(C(C)(C)C)c1-c1c(C(=O)O)cc(C(C)(C)C)c(O)c1C(C)(C)C. The Morgan fingerprint density at radius 1 is 0.667 bits per heavy atom. The van der Waals surface area contributed by atoms with Gasteiger partial charge >= 0.3 is 5.97 Å². The molecule has 0 unspecified atom stereocenters. The summed E-state index contributed by atoms with van der Waals surface area (Å²) >= 11 is 0. The molecule has 0 spiro atoms. The van der Waals surface area contributed by atoms with E-state index in [1.165, 1.54) is 5.56 Å². The van der Waals surface area contributed by atoms with Crippen LogP contribution in [0.3, 0.4) is 0 Å². The molecule has 182 valence electrons. The molecule has 0 aromatic heterocycles. The van der Waals surface area contributed by atoms with Crippen LogP contribution in [0.2, 0.25) is 0 Å². The van der Waals surface area contributed by atoms with Crippen LogP contribution in [0, 0.1) is 6.92 Å². The lowest BCUT2D eigenvalue weighted by molar-refractivity contribution is 0.0697. The van der Waals surface area contributed by atoms with Crippen LogP contribution in [0.5, 0.6) is 5.75 Å². The van der Waals surface area contributed by atoms with Crippen molar-refractivity contribution >= 4 is 5.97 Å². The van der Waals surface area contributed by atoms with E-state index in [2.05, 4.69) is 60.6 Å². The second-order valence-corrected chi connectivity index (χ2v) is 13.6. The highest BCUT2D eigenvalue weighted by molar-refractivity contribution is 6.00. The Kier molecular flexibility index (Phi) is 6.68. The van der Waals surface area contributed by atoms with Gasteiger partial charge < -0.3 is 10.2 Å². The number of hydrogen-bond acceptors (Lipinski definition) is 2. The van der Waals surface area contributed by atoms with Crippen LogP contribution in [0.4, 0.5) is 0 Å². The third kappa shape index (κ3) is 5.28. The molecule has 0 fully saturated rings. The highest BCUT2D eigenvalue weighted by Gasteiger charge is 2.35. The zero-order valence-corrected chi connectivity index (χ0v) is 23.0. The van der Waals surface area contributed by atoms with E-state index >= 15 is 0 Å². The Hall–Kier alpha value is -2.29. The molecular weight excluding hydrogens is 408 g/mol. The highest BCUT2D eigenvalue weighted by atomic mass is 16.4. The molecule has 3 heteroatoms. The number of phenolic OH excluding ortho intramolecular Hbond substituents is 1. The van der Waals surface area contributed by atoms with Crippen molar-refractivity contribution in [1.29, 1.82) is 0 Å². The quantitative estimate of drug-likeness (QED) is 0.482. The second kappa shape index (κ2) is 8.18. The molecule has 0 aliphatic rings. The first-order valence-electron chi connectivity index (χ1n) is 11.9. The molecule has 0 atom stereocenters. The Labute approximate surface area is 201 Å². The fourth-order valence-electron chi connectivity index (χ4n) is 4.55. The molecule has 2 aromatic carbocycles. The van der Waals surface area contributed by atoms with E-state index in [4.69, 9.17) is 0 Å². The zero-order valence-electron chi connectivity index (χ0n) is 23.0. The molecule has 0 radical (unpaired) electrons. The fourth-order valence-corrected chi connectivity index (χ4v) is 4.55. The smallest absolute Gasteiger partial charge is 0.336 e. The van der Waals surface area contributed by atoms with Crippen LogP contribution >= 0.6 is 0 Å². The van der Waals surface area contributed by atoms with Gasteiger partial charge in [0.1, 0.15) is 5.75 Å². The van der Waals surface area contributed by atoms with Crippen molar-refractivity contribution in [3.8, 4) is 16.9 Å². The Morgan fingerprint density at radius 2 is 1.15 bits per heavy atom.